The Morgan fingerprint density at radius 3 is 2.64 bits per heavy atom. The van der Waals surface area contributed by atoms with Gasteiger partial charge in [0.25, 0.3) is 0 Å². The van der Waals surface area contributed by atoms with Gasteiger partial charge in [-0.15, -0.1) is 0 Å². The van der Waals surface area contributed by atoms with Crippen molar-refractivity contribution in [2.75, 3.05) is 31.1 Å². The highest BCUT2D eigenvalue weighted by molar-refractivity contribution is 7.85. The third-order valence-electron chi connectivity index (χ3n) is 4.85. The molecule has 7 nitrogen and oxygen atoms in total. The van der Waals surface area contributed by atoms with Crippen LogP contribution in [0.3, 0.4) is 0 Å². The van der Waals surface area contributed by atoms with E-state index >= 15 is 0 Å². The molecule has 8 heteroatoms. The summed E-state index contributed by atoms with van der Waals surface area (Å²) in [6.45, 7) is 5.29. The Hall–Kier alpha value is -2.84. The highest BCUT2D eigenvalue weighted by atomic mass is 32.2. The molecule has 4 rings (SSSR count). The van der Waals surface area contributed by atoms with Gasteiger partial charge in [0.2, 0.25) is 0 Å². The number of aryl methyl sites for hydroxylation is 1. The first-order valence-electron chi connectivity index (χ1n) is 9.06. The Balaban J connectivity index is 1.93. The largest absolute Gasteiger partial charge is 0.367 e. The second kappa shape index (κ2) is 7.65. The molecule has 1 saturated heterocycles. The van der Waals surface area contributed by atoms with E-state index in [-0.39, 0.29) is 10.6 Å². The van der Waals surface area contributed by atoms with Crippen LogP contribution in [0.2, 0.25) is 0 Å². The molecule has 2 heterocycles. The maximum absolute atomic E-state index is 13.4. The van der Waals surface area contributed by atoms with Gasteiger partial charge in [-0.25, -0.2) is 9.19 Å². The smallest absolute Gasteiger partial charge is 0.304 e. The molecule has 0 saturated carbocycles. The Labute approximate surface area is 165 Å². The molecule has 144 valence electrons. The summed E-state index contributed by atoms with van der Waals surface area (Å²) in [5, 5.41) is 15.5. The first kappa shape index (κ1) is 18.5. The highest BCUT2D eigenvalue weighted by Gasteiger charge is 2.26. The number of hydrogen-bond donors (Lipinski definition) is 1. The van der Waals surface area contributed by atoms with Crippen molar-refractivity contribution in [1.29, 1.82) is 0 Å². The first-order valence-corrected chi connectivity index (χ1v) is 10.2. The van der Waals surface area contributed by atoms with Crippen molar-refractivity contribution < 1.29 is 9.13 Å². The zero-order valence-corrected chi connectivity index (χ0v) is 16.2. The average molecular weight is 396 g/mol. The van der Waals surface area contributed by atoms with E-state index in [9.17, 15) is 14.3 Å². The highest BCUT2D eigenvalue weighted by Crippen LogP contribution is 2.36. The van der Waals surface area contributed by atoms with E-state index < -0.39 is 15.7 Å². The molecule has 1 N–H and O–H groups in total. The molecule has 0 bridgehead atoms. The molecule has 1 aliphatic rings. The van der Waals surface area contributed by atoms with Gasteiger partial charge in [-0.05, 0) is 30.7 Å². The lowest BCUT2D eigenvalue weighted by Crippen LogP contribution is -2.43. The van der Waals surface area contributed by atoms with Crippen LogP contribution < -0.4 is 10.2 Å². The number of para-hydroxylation sites is 1. The summed E-state index contributed by atoms with van der Waals surface area (Å²) in [7, 11) is -1.69. The normalized spacial score (nSPS) is 15.5. The molecular formula is C20H20N4O3S. The van der Waals surface area contributed by atoms with Crippen LogP contribution in [0.15, 0.2) is 58.5 Å². The minimum atomic E-state index is -1.69. The molecule has 0 radical (unpaired) electrons. The van der Waals surface area contributed by atoms with E-state index in [1.54, 1.807) is 18.2 Å². The Morgan fingerprint density at radius 1 is 1.18 bits per heavy atom. The van der Waals surface area contributed by atoms with E-state index in [1.807, 2.05) is 31.2 Å². The third-order valence-corrected chi connectivity index (χ3v) is 6.33. The molecule has 1 aliphatic heterocycles. The van der Waals surface area contributed by atoms with Gasteiger partial charge in [0.15, 0.2) is 0 Å². The maximum atomic E-state index is 13.4. The van der Waals surface area contributed by atoms with Crippen molar-refractivity contribution in [1.82, 2.24) is 10.3 Å². The van der Waals surface area contributed by atoms with Gasteiger partial charge >= 0.3 is 5.69 Å². The molecule has 3 aromatic rings. The van der Waals surface area contributed by atoms with Crippen LogP contribution >= 0.6 is 0 Å². The van der Waals surface area contributed by atoms with Gasteiger partial charge in [0, 0.05) is 36.5 Å². The number of piperazine rings is 1. The summed E-state index contributed by atoms with van der Waals surface area (Å²) >= 11 is 0. The first-order chi connectivity index (χ1) is 13.6. The van der Waals surface area contributed by atoms with Crippen molar-refractivity contribution in [3.05, 3.63) is 64.3 Å². The predicted molar refractivity (Wildman–Crippen MR) is 109 cm³/mol. The molecular weight excluding hydrogens is 376 g/mol. The third kappa shape index (κ3) is 3.36. The molecule has 28 heavy (non-hydrogen) atoms. The number of rotatable bonds is 4. The maximum Gasteiger partial charge on any atom is 0.304 e. The lowest BCUT2D eigenvalue weighted by molar-refractivity contribution is -0.387. The monoisotopic (exact) mass is 396 g/mol. The quantitative estimate of drug-likeness (QED) is 0.539. The van der Waals surface area contributed by atoms with E-state index in [0.29, 0.717) is 15.8 Å². The van der Waals surface area contributed by atoms with Crippen LogP contribution in [-0.2, 0) is 10.8 Å². The Kier molecular flexibility index (Phi) is 5.06. The Morgan fingerprint density at radius 2 is 1.93 bits per heavy atom. The van der Waals surface area contributed by atoms with Crippen molar-refractivity contribution in [3.8, 4) is 0 Å². The lowest BCUT2D eigenvalue weighted by Gasteiger charge is -2.30. The number of pyridine rings is 1. The summed E-state index contributed by atoms with van der Waals surface area (Å²) in [5.41, 5.74) is 2.29. The van der Waals surface area contributed by atoms with E-state index in [4.69, 9.17) is 0 Å². The summed E-state index contributed by atoms with van der Waals surface area (Å²) < 4.78 is 13.4. The Bertz CT molecular complexity index is 1080. The fraction of sp³-hybridized carbons (Fsp3) is 0.250. The minimum absolute atomic E-state index is 0.206. The van der Waals surface area contributed by atoms with Gasteiger partial charge in [-0.3, -0.25) is 10.1 Å². The average Bonchev–Trinajstić information content (AvgIpc) is 2.72. The van der Waals surface area contributed by atoms with Gasteiger partial charge in [0.05, 0.1) is 26.9 Å². The fourth-order valence-electron chi connectivity index (χ4n) is 3.51. The number of nitrogens with one attached hydrogen (secondary N) is 1. The van der Waals surface area contributed by atoms with E-state index in [1.165, 1.54) is 6.20 Å². The number of nitro groups is 1. The van der Waals surface area contributed by atoms with E-state index in [2.05, 4.69) is 15.2 Å². The van der Waals surface area contributed by atoms with Crippen molar-refractivity contribution >= 4 is 33.1 Å². The molecule has 1 unspecified atom stereocenters. The number of hydrogen-bond acceptors (Lipinski definition) is 6. The number of nitrogens with zero attached hydrogens (tertiary/aromatic N) is 3. The molecule has 0 aliphatic carbocycles. The number of fused-ring (bicyclic) bond motifs is 1. The summed E-state index contributed by atoms with van der Waals surface area (Å²) in [4.78, 5) is 18.5. The van der Waals surface area contributed by atoms with Crippen molar-refractivity contribution in [3.63, 3.8) is 0 Å². The molecule has 1 fully saturated rings. The van der Waals surface area contributed by atoms with Gasteiger partial charge < -0.3 is 10.2 Å². The van der Waals surface area contributed by atoms with Crippen LogP contribution in [0.1, 0.15) is 5.56 Å². The summed E-state index contributed by atoms with van der Waals surface area (Å²) in [6.07, 6.45) is 1.23. The fourth-order valence-corrected chi connectivity index (χ4v) is 4.92. The second-order valence-electron chi connectivity index (χ2n) is 6.73. The molecule has 0 spiro atoms. The molecule has 1 atom stereocenters. The van der Waals surface area contributed by atoms with Crippen molar-refractivity contribution in [2.24, 2.45) is 0 Å². The molecule has 2 aromatic carbocycles. The van der Waals surface area contributed by atoms with Crippen molar-refractivity contribution in [2.45, 2.75) is 16.7 Å². The van der Waals surface area contributed by atoms with Gasteiger partial charge in [0.1, 0.15) is 11.1 Å². The van der Waals surface area contributed by atoms with Crippen LogP contribution in [-0.4, -0.2) is 40.3 Å². The lowest BCUT2D eigenvalue weighted by atomic mass is 10.1. The predicted octanol–water partition coefficient (Wildman–Crippen LogP) is 3.03. The minimum Gasteiger partial charge on any atom is -0.367 e. The van der Waals surface area contributed by atoms with Crippen LogP contribution in [0, 0.1) is 17.0 Å². The van der Waals surface area contributed by atoms with Gasteiger partial charge in [-0.1, -0.05) is 24.3 Å². The van der Waals surface area contributed by atoms with Crippen LogP contribution in [0.25, 0.3) is 10.9 Å². The summed E-state index contributed by atoms with van der Waals surface area (Å²) in [6, 6.07) is 12.8. The number of benzene rings is 2. The standard InChI is InChI=1S/C20H20N4O3S/c1-14-4-2-5-15(12-14)28(27)20-16-6-3-7-17(23-10-8-21-9-11-23)19(16)22-13-18(20)24(25)26/h2-7,12-13,21H,8-11H2,1H3. The number of anilines is 1. The van der Waals surface area contributed by atoms with Crippen LogP contribution in [0.4, 0.5) is 11.4 Å². The zero-order chi connectivity index (χ0) is 19.7. The summed E-state index contributed by atoms with van der Waals surface area (Å²) in [5.74, 6) is 0. The molecule has 0 amide bonds. The topological polar surface area (TPSA) is 88.4 Å². The van der Waals surface area contributed by atoms with Gasteiger partial charge in [-0.2, -0.15) is 0 Å². The van der Waals surface area contributed by atoms with E-state index in [0.717, 1.165) is 37.4 Å². The second-order valence-corrected chi connectivity index (χ2v) is 8.14. The number of aromatic nitrogens is 1. The SMILES string of the molecule is Cc1cccc(S(=O)c2c([N+](=O)[O-])cnc3c(N4CCNCC4)cccc23)c1. The molecule has 1 aromatic heterocycles. The zero-order valence-electron chi connectivity index (χ0n) is 15.4. The van der Waals surface area contributed by atoms with Crippen LogP contribution in [0.5, 0.6) is 0 Å².